The second-order valence-corrected chi connectivity index (χ2v) is 5.08. The molecule has 0 aromatic carbocycles. The Balaban J connectivity index is 2.09. The lowest BCUT2D eigenvalue weighted by atomic mass is 10.1. The summed E-state index contributed by atoms with van der Waals surface area (Å²) in [6.07, 6.45) is 6.04. The molecular weight excluding hydrogens is 250 g/mol. The molecule has 20 heavy (non-hydrogen) atoms. The van der Waals surface area contributed by atoms with Crippen molar-refractivity contribution in [1.29, 1.82) is 0 Å². The van der Waals surface area contributed by atoms with Crippen molar-refractivity contribution < 1.29 is 4.79 Å². The van der Waals surface area contributed by atoms with Crippen LogP contribution in [0.2, 0.25) is 0 Å². The number of Topliss-reactive ketones (excluding diaryl/α,β-unsaturated/α-hetero) is 1. The monoisotopic (exact) mass is 271 g/mol. The van der Waals surface area contributed by atoms with E-state index in [4.69, 9.17) is 0 Å². The van der Waals surface area contributed by atoms with Crippen LogP contribution in [0.3, 0.4) is 0 Å². The number of nitrogens with zero attached hydrogens (tertiary/aromatic N) is 3. The topological polar surface area (TPSA) is 47.8 Å². The molecule has 0 aliphatic carbocycles. The van der Waals surface area contributed by atoms with Gasteiger partial charge in [0.05, 0.1) is 18.2 Å². The summed E-state index contributed by atoms with van der Waals surface area (Å²) in [6, 6.07) is 6.04. The average molecular weight is 271 g/mol. The molecule has 0 unspecified atom stereocenters. The molecule has 0 bridgehead atoms. The molecule has 0 saturated heterocycles. The lowest BCUT2D eigenvalue weighted by Gasteiger charge is -2.12. The third-order valence-corrected chi connectivity index (χ3v) is 3.52. The molecule has 106 valence electrons. The van der Waals surface area contributed by atoms with Gasteiger partial charge in [-0.25, -0.2) is 0 Å². The Morgan fingerprint density at radius 1 is 1.30 bits per heavy atom. The molecule has 4 heteroatoms. The largest absolute Gasteiger partial charge is 0.292 e. The summed E-state index contributed by atoms with van der Waals surface area (Å²) in [7, 11) is 0. The van der Waals surface area contributed by atoms with Gasteiger partial charge in [0.15, 0.2) is 5.78 Å². The van der Waals surface area contributed by atoms with Crippen LogP contribution >= 0.6 is 0 Å². The number of carbonyl (C=O) groups is 1. The van der Waals surface area contributed by atoms with Gasteiger partial charge in [0.25, 0.3) is 0 Å². The Morgan fingerprint density at radius 2 is 2.05 bits per heavy atom. The van der Waals surface area contributed by atoms with Gasteiger partial charge in [0, 0.05) is 12.4 Å². The predicted molar refractivity (Wildman–Crippen MR) is 78.9 cm³/mol. The van der Waals surface area contributed by atoms with Crippen LogP contribution < -0.4 is 0 Å². The van der Waals surface area contributed by atoms with Crippen molar-refractivity contribution in [3.05, 3.63) is 47.5 Å². The predicted octanol–water partition coefficient (Wildman–Crippen LogP) is 3.37. The van der Waals surface area contributed by atoms with E-state index in [0.717, 1.165) is 24.1 Å². The fourth-order valence-electron chi connectivity index (χ4n) is 2.28. The van der Waals surface area contributed by atoms with E-state index in [1.54, 1.807) is 6.20 Å². The molecule has 0 N–H and O–H groups in total. The molecule has 0 radical (unpaired) electrons. The summed E-state index contributed by atoms with van der Waals surface area (Å²) in [5.74, 6) is 0.0171. The summed E-state index contributed by atoms with van der Waals surface area (Å²) in [4.78, 5) is 16.3. The van der Waals surface area contributed by atoms with E-state index >= 15 is 0 Å². The maximum Gasteiger partial charge on any atom is 0.187 e. The van der Waals surface area contributed by atoms with Crippen LogP contribution in [0.1, 0.15) is 54.5 Å². The first-order valence-electron chi connectivity index (χ1n) is 7.14. The molecule has 2 rings (SSSR count). The lowest BCUT2D eigenvalue weighted by molar-refractivity contribution is 0.0987. The van der Waals surface area contributed by atoms with E-state index in [2.05, 4.69) is 23.9 Å². The van der Waals surface area contributed by atoms with Crippen molar-refractivity contribution in [3.63, 3.8) is 0 Å². The van der Waals surface area contributed by atoms with Crippen molar-refractivity contribution in [1.82, 2.24) is 14.8 Å². The average Bonchev–Trinajstić information content (AvgIpc) is 2.88. The minimum atomic E-state index is 0.0171. The highest BCUT2D eigenvalue weighted by Crippen LogP contribution is 2.15. The molecule has 0 fully saturated rings. The number of carbonyl (C=O) groups excluding carboxylic acids is 1. The summed E-state index contributed by atoms with van der Waals surface area (Å²) in [5.41, 5.74) is 2.37. The molecule has 0 saturated carbocycles. The standard InChI is InChI=1S/C16H21N3O/c1-4-14(5-2)19-9-7-13(18-19)11-16(20)15-10-12(3)6-8-17-15/h6-10,14H,4-5,11H2,1-3H3. The van der Waals surface area contributed by atoms with Gasteiger partial charge in [-0.15, -0.1) is 0 Å². The van der Waals surface area contributed by atoms with Crippen LogP contribution in [-0.2, 0) is 6.42 Å². The van der Waals surface area contributed by atoms with Crippen LogP contribution in [-0.4, -0.2) is 20.5 Å². The molecule has 0 aliphatic rings. The smallest absolute Gasteiger partial charge is 0.187 e. The Hall–Kier alpha value is -1.97. The van der Waals surface area contributed by atoms with Crippen molar-refractivity contribution >= 4 is 5.78 Å². The van der Waals surface area contributed by atoms with Gasteiger partial charge < -0.3 is 0 Å². The highest BCUT2D eigenvalue weighted by atomic mass is 16.1. The molecule has 0 aliphatic heterocycles. The molecule has 2 aromatic rings. The van der Waals surface area contributed by atoms with E-state index in [-0.39, 0.29) is 5.78 Å². The number of aryl methyl sites for hydroxylation is 1. The minimum absolute atomic E-state index is 0.0171. The molecule has 2 heterocycles. The Morgan fingerprint density at radius 3 is 2.70 bits per heavy atom. The zero-order valence-electron chi connectivity index (χ0n) is 12.3. The number of pyridine rings is 1. The van der Waals surface area contributed by atoms with Crippen LogP contribution in [0.25, 0.3) is 0 Å². The number of aromatic nitrogens is 3. The maximum atomic E-state index is 12.2. The normalized spacial score (nSPS) is 11.0. The summed E-state index contributed by atoms with van der Waals surface area (Å²) >= 11 is 0. The van der Waals surface area contributed by atoms with Gasteiger partial charge in [-0.2, -0.15) is 5.10 Å². The second kappa shape index (κ2) is 6.46. The van der Waals surface area contributed by atoms with Crippen LogP contribution in [0, 0.1) is 6.92 Å². The lowest BCUT2D eigenvalue weighted by Crippen LogP contribution is -2.10. The number of hydrogen-bond acceptors (Lipinski definition) is 3. The van der Waals surface area contributed by atoms with Gasteiger partial charge in [-0.05, 0) is 43.5 Å². The first-order chi connectivity index (χ1) is 9.63. The molecule has 2 aromatic heterocycles. The minimum Gasteiger partial charge on any atom is -0.292 e. The van der Waals surface area contributed by atoms with Gasteiger partial charge in [0.2, 0.25) is 0 Å². The Labute approximate surface area is 119 Å². The molecule has 0 amide bonds. The Bertz CT molecular complexity index is 585. The van der Waals surface area contributed by atoms with E-state index in [0.29, 0.717) is 18.2 Å². The zero-order valence-corrected chi connectivity index (χ0v) is 12.3. The van der Waals surface area contributed by atoms with E-state index in [1.165, 1.54) is 0 Å². The van der Waals surface area contributed by atoms with Crippen molar-refractivity contribution in [2.75, 3.05) is 0 Å². The van der Waals surface area contributed by atoms with Gasteiger partial charge in [-0.1, -0.05) is 13.8 Å². The van der Waals surface area contributed by atoms with Crippen molar-refractivity contribution in [2.45, 2.75) is 46.1 Å². The van der Waals surface area contributed by atoms with Gasteiger partial charge in [0.1, 0.15) is 5.69 Å². The third kappa shape index (κ3) is 3.32. The van der Waals surface area contributed by atoms with E-state index in [1.807, 2.05) is 36.0 Å². The maximum absolute atomic E-state index is 12.2. The Kier molecular flexibility index (Phi) is 4.66. The number of rotatable bonds is 6. The fraction of sp³-hybridized carbons (Fsp3) is 0.438. The quantitative estimate of drug-likeness (QED) is 0.757. The third-order valence-electron chi connectivity index (χ3n) is 3.52. The van der Waals surface area contributed by atoms with E-state index in [9.17, 15) is 4.79 Å². The highest BCUT2D eigenvalue weighted by molar-refractivity contribution is 5.95. The fourth-order valence-corrected chi connectivity index (χ4v) is 2.28. The van der Waals surface area contributed by atoms with Crippen LogP contribution in [0.4, 0.5) is 0 Å². The summed E-state index contributed by atoms with van der Waals surface area (Å²) < 4.78 is 1.96. The second-order valence-electron chi connectivity index (χ2n) is 5.08. The SMILES string of the molecule is CCC(CC)n1ccc(CC(=O)c2cc(C)ccn2)n1. The summed E-state index contributed by atoms with van der Waals surface area (Å²) in [5, 5.41) is 4.51. The number of hydrogen-bond donors (Lipinski definition) is 0. The molecule has 4 nitrogen and oxygen atoms in total. The van der Waals surface area contributed by atoms with Crippen molar-refractivity contribution in [2.24, 2.45) is 0 Å². The van der Waals surface area contributed by atoms with Gasteiger partial charge in [-0.3, -0.25) is 14.5 Å². The highest BCUT2D eigenvalue weighted by Gasteiger charge is 2.13. The molecular formula is C16H21N3O. The first-order valence-corrected chi connectivity index (χ1v) is 7.14. The van der Waals surface area contributed by atoms with Crippen molar-refractivity contribution in [3.8, 4) is 0 Å². The van der Waals surface area contributed by atoms with Crippen LogP contribution in [0.15, 0.2) is 30.6 Å². The van der Waals surface area contributed by atoms with Crippen LogP contribution in [0.5, 0.6) is 0 Å². The molecule has 0 atom stereocenters. The number of ketones is 1. The van der Waals surface area contributed by atoms with E-state index < -0.39 is 0 Å². The molecule has 0 spiro atoms. The van der Waals surface area contributed by atoms with Gasteiger partial charge >= 0.3 is 0 Å². The zero-order chi connectivity index (χ0) is 14.5. The first kappa shape index (κ1) is 14.4. The summed E-state index contributed by atoms with van der Waals surface area (Å²) in [6.45, 7) is 6.26.